The van der Waals surface area contributed by atoms with Gasteiger partial charge >= 0.3 is 6.03 Å². The SMILES string of the molecule is CCCCNC(=O)N(O)C1c2ccccc2Oc2ccccc21. The van der Waals surface area contributed by atoms with Crippen LogP contribution in [0.2, 0.25) is 0 Å². The minimum absolute atomic E-state index is 0.505. The normalized spacial score (nSPS) is 12.8. The van der Waals surface area contributed by atoms with Gasteiger partial charge in [-0.25, -0.2) is 4.79 Å². The minimum Gasteiger partial charge on any atom is -0.457 e. The van der Waals surface area contributed by atoms with Crippen LogP contribution in [0.15, 0.2) is 48.5 Å². The van der Waals surface area contributed by atoms with E-state index in [-0.39, 0.29) is 0 Å². The van der Waals surface area contributed by atoms with Crippen LogP contribution in [0.5, 0.6) is 11.5 Å². The van der Waals surface area contributed by atoms with Gasteiger partial charge in [0, 0.05) is 17.7 Å². The standard InChI is InChI=1S/C18H20N2O3/c1-2-3-12-19-18(21)20(22)17-13-8-4-6-10-15(13)23-16-11-7-5-9-14(16)17/h4-11,17,22H,2-3,12H2,1H3,(H,19,21). The molecule has 2 aromatic rings. The lowest BCUT2D eigenvalue weighted by atomic mass is 9.94. The lowest BCUT2D eigenvalue weighted by Crippen LogP contribution is -2.41. The molecule has 5 nitrogen and oxygen atoms in total. The third kappa shape index (κ3) is 3.00. The number of carbonyl (C=O) groups excluding carboxylic acids is 1. The number of rotatable bonds is 4. The van der Waals surface area contributed by atoms with Gasteiger partial charge in [-0.15, -0.1) is 0 Å². The zero-order valence-electron chi connectivity index (χ0n) is 13.0. The summed E-state index contributed by atoms with van der Waals surface area (Å²) in [6, 6.07) is 13.8. The van der Waals surface area contributed by atoms with Crippen molar-refractivity contribution in [3.63, 3.8) is 0 Å². The molecule has 0 spiro atoms. The zero-order valence-corrected chi connectivity index (χ0v) is 13.0. The fourth-order valence-corrected chi connectivity index (χ4v) is 2.72. The molecule has 2 aromatic carbocycles. The maximum Gasteiger partial charge on any atom is 0.342 e. The number of hydrogen-bond acceptors (Lipinski definition) is 3. The average molecular weight is 312 g/mol. The first-order valence-electron chi connectivity index (χ1n) is 7.84. The van der Waals surface area contributed by atoms with E-state index in [1.807, 2.05) is 55.5 Å². The Kier molecular flexibility index (Phi) is 4.48. The molecule has 1 aliphatic rings. The highest BCUT2D eigenvalue weighted by Gasteiger charge is 2.33. The van der Waals surface area contributed by atoms with E-state index >= 15 is 0 Å². The van der Waals surface area contributed by atoms with Crippen LogP contribution in [0.4, 0.5) is 4.79 Å². The molecule has 0 saturated carbocycles. The lowest BCUT2D eigenvalue weighted by molar-refractivity contribution is -0.0699. The molecule has 120 valence electrons. The van der Waals surface area contributed by atoms with Crippen molar-refractivity contribution in [3.05, 3.63) is 59.7 Å². The van der Waals surface area contributed by atoms with E-state index in [0.29, 0.717) is 18.0 Å². The molecule has 0 radical (unpaired) electrons. The van der Waals surface area contributed by atoms with Gasteiger partial charge in [0.2, 0.25) is 0 Å². The van der Waals surface area contributed by atoms with Gasteiger partial charge in [0.25, 0.3) is 0 Å². The van der Waals surface area contributed by atoms with Crippen molar-refractivity contribution in [3.8, 4) is 11.5 Å². The fraction of sp³-hybridized carbons (Fsp3) is 0.278. The summed E-state index contributed by atoms with van der Waals surface area (Å²) in [6.07, 6.45) is 1.86. The second-order valence-electron chi connectivity index (χ2n) is 5.51. The predicted molar refractivity (Wildman–Crippen MR) is 86.7 cm³/mol. The van der Waals surface area contributed by atoms with Gasteiger partial charge in [-0.1, -0.05) is 49.7 Å². The van der Waals surface area contributed by atoms with Crippen LogP contribution in [0.3, 0.4) is 0 Å². The van der Waals surface area contributed by atoms with Gasteiger partial charge in [-0.05, 0) is 18.6 Å². The summed E-state index contributed by atoms with van der Waals surface area (Å²) >= 11 is 0. The van der Waals surface area contributed by atoms with Crippen LogP contribution < -0.4 is 10.1 Å². The van der Waals surface area contributed by atoms with Crippen molar-refractivity contribution in [1.29, 1.82) is 0 Å². The molecular formula is C18H20N2O3. The van der Waals surface area contributed by atoms with Crippen LogP contribution in [0.25, 0.3) is 0 Å². The van der Waals surface area contributed by atoms with Crippen LogP contribution >= 0.6 is 0 Å². The van der Waals surface area contributed by atoms with Gasteiger partial charge in [0.1, 0.15) is 17.5 Å². The Hall–Kier alpha value is -2.53. The average Bonchev–Trinajstić information content (AvgIpc) is 2.59. The number of hydrogen-bond donors (Lipinski definition) is 2. The monoisotopic (exact) mass is 312 g/mol. The molecule has 5 heteroatoms. The summed E-state index contributed by atoms with van der Waals surface area (Å²) in [5, 5.41) is 14.0. The maximum absolute atomic E-state index is 12.3. The number of ether oxygens (including phenoxy) is 1. The van der Waals surface area contributed by atoms with Gasteiger partial charge in [-0.2, -0.15) is 5.06 Å². The number of para-hydroxylation sites is 2. The molecule has 2 amide bonds. The first kappa shape index (κ1) is 15.4. The number of urea groups is 1. The summed E-state index contributed by atoms with van der Waals surface area (Å²) in [5.74, 6) is 1.30. The molecule has 3 rings (SSSR count). The van der Waals surface area contributed by atoms with Crippen molar-refractivity contribution in [2.75, 3.05) is 6.54 Å². The van der Waals surface area contributed by atoms with Crippen molar-refractivity contribution in [1.82, 2.24) is 10.4 Å². The number of hydroxylamine groups is 2. The van der Waals surface area contributed by atoms with E-state index in [0.717, 1.165) is 29.0 Å². The molecule has 0 unspecified atom stereocenters. The topological polar surface area (TPSA) is 61.8 Å². The summed E-state index contributed by atoms with van der Waals surface area (Å²) in [4.78, 5) is 12.3. The van der Waals surface area contributed by atoms with E-state index in [4.69, 9.17) is 4.74 Å². The molecule has 2 N–H and O–H groups in total. The van der Waals surface area contributed by atoms with E-state index in [2.05, 4.69) is 5.32 Å². The lowest BCUT2D eigenvalue weighted by Gasteiger charge is -2.32. The van der Waals surface area contributed by atoms with Crippen LogP contribution in [-0.4, -0.2) is 22.8 Å². The molecule has 0 bridgehead atoms. The predicted octanol–water partition coefficient (Wildman–Crippen LogP) is 4.08. The van der Waals surface area contributed by atoms with Gasteiger partial charge < -0.3 is 10.1 Å². The minimum atomic E-state index is -0.585. The summed E-state index contributed by atoms with van der Waals surface area (Å²) in [5.41, 5.74) is 1.53. The van der Waals surface area contributed by atoms with Crippen LogP contribution in [0.1, 0.15) is 36.9 Å². The number of nitrogens with zero attached hydrogens (tertiary/aromatic N) is 1. The Morgan fingerprint density at radius 1 is 1.13 bits per heavy atom. The molecule has 1 heterocycles. The maximum atomic E-state index is 12.3. The number of amides is 2. The highest BCUT2D eigenvalue weighted by Crippen LogP contribution is 2.44. The third-order valence-corrected chi connectivity index (χ3v) is 3.91. The van der Waals surface area contributed by atoms with Gasteiger partial charge in [0.15, 0.2) is 0 Å². The number of nitrogens with one attached hydrogen (secondary N) is 1. The smallest absolute Gasteiger partial charge is 0.342 e. The first-order valence-corrected chi connectivity index (χ1v) is 7.84. The Labute approximate surface area is 135 Å². The second kappa shape index (κ2) is 6.71. The van der Waals surface area contributed by atoms with Crippen molar-refractivity contribution in [2.45, 2.75) is 25.8 Å². The largest absolute Gasteiger partial charge is 0.457 e. The second-order valence-corrected chi connectivity index (χ2v) is 5.51. The summed E-state index contributed by atoms with van der Waals surface area (Å²) < 4.78 is 5.87. The highest BCUT2D eigenvalue weighted by molar-refractivity contribution is 5.74. The molecule has 0 aliphatic carbocycles. The quantitative estimate of drug-likeness (QED) is 0.508. The van der Waals surface area contributed by atoms with Crippen LogP contribution in [-0.2, 0) is 0 Å². The first-order chi connectivity index (χ1) is 11.2. The molecule has 0 fully saturated rings. The Morgan fingerprint density at radius 3 is 2.26 bits per heavy atom. The highest BCUT2D eigenvalue weighted by atomic mass is 16.5. The Balaban J connectivity index is 1.93. The molecule has 0 atom stereocenters. The molecule has 23 heavy (non-hydrogen) atoms. The Morgan fingerprint density at radius 2 is 1.70 bits per heavy atom. The molecule has 1 aliphatic heterocycles. The molecule has 0 saturated heterocycles. The molecular weight excluding hydrogens is 292 g/mol. The third-order valence-electron chi connectivity index (χ3n) is 3.91. The van der Waals surface area contributed by atoms with Crippen molar-refractivity contribution < 1.29 is 14.7 Å². The van der Waals surface area contributed by atoms with E-state index in [1.165, 1.54) is 0 Å². The number of carbonyl (C=O) groups is 1. The van der Waals surface area contributed by atoms with Crippen LogP contribution in [0, 0.1) is 0 Å². The number of benzene rings is 2. The van der Waals surface area contributed by atoms with E-state index in [9.17, 15) is 10.0 Å². The van der Waals surface area contributed by atoms with Gasteiger partial charge in [-0.3, -0.25) is 5.21 Å². The summed E-state index contributed by atoms with van der Waals surface area (Å²) in [6.45, 7) is 2.59. The zero-order chi connectivity index (χ0) is 16.2. The van der Waals surface area contributed by atoms with E-state index in [1.54, 1.807) is 0 Å². The number of unbranched alkanes of at least 4 members (excludes halogenated alkanes) is 1. The number of fused-ring (bicyclic) bond motifs is 2. The van der Waals surface area contributed by atoms with Gasteiger partial charge in [0.05, 0.1) is 0 Å². The van der Waals surface area contributed by atoms with Crippen molar-refractivity contribution in [2.24, 2.45) is 0 Å². The Bertz CT molecular complexity index is 657. The summed E-state index contributed by atoms with van der Waals surface area (Å²) in [7, 11) is 0. The van der Waals surface area contributed by atoms with E-state index < -0.39 is 12.1 Å². The van der Waals surface area contributed by atoms with Crippen molar-refractivity contribution >= 4 is 6.03 Å². The fourth-order valence-electron chi connectivity index (χ4n) is 2.72. The molecule has 0 aromatic heterocycles.